The molecule has 1 atom stereocenters. The van der Waals surface area contributed by atoms with Gasteiger partial charge in [0.15, 0.2) is 0 Å². The van der Waals surface area contributed by atoms with Crippen molar-refractivity contribution in [3.63, 3.8) is 0 Å². The predicted octanol–water partition coefficient (Wildman–Crippen LogP) is 3.06. The number of nitrogens with one attached hydrogen (secondary N) is 1. The van der Waals surface area contributed by atoms with Gasteiger partial charge in [-0.25, -0.2) is 0 Å². The number of halogens is 1. The Morgan fingerprint density at radius 2 is 2.08 bits per heavy atom. The van der Waals surface area contributed by atoms with Crippen molar-refractivity contribution >= 4 is 18.3 Å². The van der Waals surface area contributed by atoms with Gasteiger partial charge in [0, 0.05) is 32.0 Å². The predicted molar refractivity (Wildman–Crippen MR) is 105 cm³/mol. The first kappa shape index (κ1) is 20.2. The zero-order valence-corrected chi connectivity index (χ0v) is 16.1. The van der Waals surface area contributed by atoms with Crippen LogP contribution in [0.5, 0.6) is 5.75 Å². The van der Waals surface area contributed by atoms with Gasteiger partial charge < -0.3 is 15.0 Å². The van der Waals surface area contributed by atoms with Gasteiger partial charge in [-0.05, 0) is 48.7 Å². The summed E-state index contributed by atoms with van der Waals surface area (Å²) in [4.78, 5) is 18.8. The number of hydrogen-bond donors (Lipinski definition) is 1. The molecule has 0 spiro atoms. The molecular weight excluding hydrogens is 350 g/mol. The second-order valence-corrected chi connectivity index (χ2v) is 6.52. The largest absolute Gasteiger partial charge is 0.493 e. The van der Waals surface area contributed by atoms with E-state index in [4.69, 9.17) is 4.74 Å². The van der Waals surface area contributed by atoms with Crippen molar-refractivity contribution in [3.05, 3.63) is 59.4 Å². The number of aromatic nitrogens is 1. The van der Waals surface area contributed by atoms with E-state index in [1.807, 2.05) is 49.2 Å². The van der Waals surface area contributed by atoms with E-state index in [2.05, 4.69) is 16.4 Å². The van der Waals surface area contributed by atoms with Gasteiger partial charge >= 0.3 is 0 Å². The minimum absolute atomic E-state index is 0. The molecule has 0 aliphatic carbocycles. The molecule has 1 unspecified atom stereocenters. The van der Waals surface area contributed by atoms with Gasteiger partial charge in [0.05, 0.1) is 19.1 Å². The van der Waals surface area contributed by atoms with Crippen molar-refractivity contribution < 1.29 is 9.53 Å². The lowest BCUT2D eigenvalue weighted by molar-refractivity contribution is -0.135. The Labute approximate surface area is 161 Å². The average molecular weight is 376 g/mol. The molecule has 6 heteroatoms. The maximum absolute atomic E-state index is 12.7. The zero-order valence-electron chi connectivity index (χ0n) is 15.3. The van der Waals surface area contributed by atoms with E-state index in [0.717, 1.165) is 24.4 Å². The SMILES string of the molecule is Cc1cc(C)cc(OCCC(=O)N2CCNCC2c2cccnc2)c1.Cl. The zero-order chi connectivity index (χ0) is 17.6. The highest BCUT2D eigenvalue weighted by Crippen LogP contribution is 2.22. The molecule has 140 valence electrons. The molecule has 5 nitrogen and oxygen atoms in total. The second kappa shape index (κ2) is 9.55. The molecule has 1 aromatic carbocycles. The van der Waals surface area contributed by atoms with E-state index in [1.54, 1.807) is 6.20 Å². The van der Waals surface area contributed by atoms with Gasteiger partial charge in [0.25, 0.3) is 0 Å². The number of benzene rings is 1. The number of ether oxygens (including phenoxy) is 1. The van der Waals surface area contributed by atoms with Crippen molar-refractivity contribution in [3.8, 4) is 5.75 Å². The fourth-order valence-corrected chi connectivity index (χ4v) is 3.29. The maximum Gasteiger partial charge on any atom is 0.226 e. The molecule has 2 heterocycles. The van der Waals surface area contributed by atoms with Crippen LogP contribution in [0.2, 0.25) is 0 Å². The highest BCUT2D eigenvalue weighted by molar-refractivity contribution is 5.85. The summed E-state index contributed by atoms with van der Waals surface area (Å²) in [5.74, 6) is 0.953. The first-order valence-corrected chi connectivity index (χ1v) is 8.75. The van der Waals surface area contributed by atoms with Crippen molar-refractivity contribution in [1.29, 1.82) is 0 Å². The molecular formula is C20H26ClN3O2. The van der Waals surface area contributed by atoms with Gasteiger partial charge in [-0.3, -0.25) is 9.78 Å². The van der Waals surface area contributed by atoms with E-state index in [1.165, 1.54) is 11.1 Å². The Morgan fingerprint density at radius 3 is 2.77 bits per heavy atom. The number of carbonyl (C=O) groups is 1. The molecule has 2 aromatic rings. The third-order valence-electron chi connectivity index (χ3n) is 4.41. The van der Waals surface area contributed by atoms with Crippen LogP contribution in [0, 0.1) is 13.8 Å². The van der Waals surface area contributed by atoms with Crippen molar-refractivity contribution in [2.24, 2.45) is 0 Å². The smallest absolute Gasteiger partial charge is 0.226 e. The van der Waals surface area contributed by atoms with Gasteiger partial charge in [0.1, 0.15) is 5.75 Å². The number of pyridine rings is 1. The summed E-state index contributed by atoms with van der Waals surface area (Å²) in [5.41, 5.74) is 3.40. The molecule has 0 bridgehead atoms. The van der Waals surface area contributed by atoms with Gasteiger partial charge in [-0.2, -0.15) is 0 Å². The monoisotopic (exact) mass is 375 g/mol. The van der Waals surface area contributed by atoms with E-state index in [9.17, 15) is 4.79 Å². The summed E-state index contributed by atoms with van der Waals surface area (Å²) in [6, 6.07) is 10.1. The Morgan fingerprint density at radius 1 is 1.31 bits per heavy atom. The minimum atomic E-state index is 0. The van der Waals surface area contributed by atoms with Gasteiger partial charge in [-0.1, -0.05) is 12.1 Å². The number of nitrogens with zero attached hydrogens (tertiary/aromatic N) is 2. The fourth-order valence-electron chi connectivity index (χ4n) is 3.29. The van der Waals surface area contributed by atoms with Crippen LogP contribution in [0.15, 0.2) is 42.7 Å². The number of rotatable bonds is 5. The lowest BCUT2D eigenvalue weighted by atomic mass is 10.0. The Balaban J connectivity index is 0.00000243. The van der Waals surface area contributed by atoms with Gasteiger partial charge in [-0.15, -0.1) is 12.4 Å². The van der Waals surface area contributed by atoms with Crippen molar-refractivity contribution in [2.45, 2.75) is 26.3 Å². The van der Waals surface area contributed by atoms with E-state index in [-0.39, 0.29) is 24.4 Å². The lowest BCUT2D eigenvalue weighted by Crippen LogP contribution is -2.49. The summed E-state index contributed by atoms with van der Waals surface area (Å²) in [6.07, 6.45) is 3.97. The minimum Gasteiger partial charge on any atom is -0.493 e. The van der Waals surface area contributed by atoms with Crippen LogP contribution in [0.25, 0.3) is 0 Å². The number of carbonyl (C=O) groups excluding carboxylic acids is 1. The molecule has 1 aliphatic heterocycles. The molecule has 26 heavy (non-hydrogen) atoms. The van der Waals surface area contributed by atoms with E-state index >= 15 is 0 Å². The molecule has 1 aliphatic rings. The Kier molecular flexibility index (Phi) is 7.42. The van der Waals surface area contributed by atoms with Crippen LogP contribution >= 0.6 is 12.4 Å². The number of piperazine rings is 1. The summed E-state index contributed by atoms with van der Waals surface area (Å²) in [5, 5.41) is 3.36. The maximum atomic E-state index is 12.7. The fraction of sp³-hybridized carbons (Fsp3) is 0.400. The summed E-state index contributed by atoms with van der Waals surface area (Å²) in [7, 11) is 0. The summed E-state index contributed by atoms with van der Waals surface area (Å²) < 4.78 is 5.79. The number of aryl methyl sites for hydroxylation is 2. The molecule has 0 saturated carbocycles. The van der Waals surface area contributed by atoms with Crippen LogP contribution in [0.1, 0.15) is 29.2 Å². The molecule has 1 saturated heterocycles. The molecule has 3 rings (SSSR count). The molecule has 1 amide bonds. The quantitative estimate of drug-likeness (QED) is 0.872. The molecule has 1 fully saturated rings. The first-order valence-electron chi connectivity index (χ1n) is 8.75. The molecule has 1 N–H and O–H groups in total. The van der Waals surface area contributed by atoms with Crippen LogP contribution in [0.3, 0.4) is 0 Å². The summed E-state index contributed by atoms with van der Waals surface area (Å²) in [6.45, 7) is 6.78. The third-order valence-corrected chi connectivity index (χ3v) is 4.41. The van der Waals surface area contributed by atoms with Crippen LogP contribution < -0.4 is 10.1 Å². The Hall–Kier alpha value is -2.11. The van der Waals surface area contributed by atoms with Crippen LogP contribution in [-0.2, 0) is 4.79 Å². The first-order chi connectivity index (χ1) is 12.1. The molecule has 1 aromatic heterocycles. The molecule has 0 radical (unpaired) electrons. The Bertz CT molecular complexity index is 704. The van der Waals surface area contributed by atoms with Gasteiger partial charge in [0.2, 0.25) is 5.91 Å². The van der Waals surface area contributed by atoms with Crippen molar-refractivity contribution in [1.82, 2.24) is 15.2 Å². The second-order valence-electron chi connectivity index (χ2n) is 6.52. The highest BCUT2D eigenvalue weighted by atomic mass is 35.5. The number of hydrogen-bond acceptors (Lipinski definition) is 4. The summed E-state index contributed by atoms with van der Waals surface area (Å²) >= 11 is 0. The third kappa shape index (κ3) is 5.19. The van der Waals surface area contributed by atoms with Crippen molar-refractivity contribution in [2.75, 3.05) is 26.2 Å². The van der Waals surface area contributed by atoms with E-state index < -0.39 is 0 Å². The highest BCUT2D eigenvalue weighted by Gasteiger charge is 2.27. The standard InChI is InChI=1S/C20H25N3O2.ClH/c1-15-10-16(2)12-18(11-15)25-9-5-20(24)23-8-7-22-14-19(23)17-4-3-6-21-13-17;/h3-4,6,10-13,19,22H,5,7-9,14H2,1-2H3;1H. The van der Waals surface area contributed by atoms with Crippen LogP contribution in [0.4, 0.5) is 0 Å². The average Bonchev–Trinajstić information content (AvgIpc) is 2.61. The normalized spacial score (nSPS) is 16.7. The topological polar surface area (TPSA) is 54.5 Å². The number of amides is 1. The van der Waals surface area contributed by atoms with E-state index in [0.29, 0.717) is 19.6 Å². The lowest BCUT2D eigenvalue weighted by Gasteiger charge is -2.36. The van der Waals surface area contributed by atoms with Crippen LogP contribution in [-0.4, -0.2) is 42.0 Å².